The summed E-state index contributed by atoms with van der Waals surface area (Å²) < 4.78 is 45.5. The van der Waals surface area contributed by atoms with Gasteiger partial charge in [0.25, 0.3) is 5.91 Å². The molecule has 0 atom stereocenters. The molecule has 3 heterocycles. The highest BCUT2D eigenvalue weighted by Crippen LogP contribution is 2.25. The number of hydrogen-bond donors (Lipinski definition) is 3. The Balaban J connectivity index is 0.909. The first-order chi connectivity index (χ1) is 26.8. The second kappa shape index (κ2) is 24.7. The van der Waals surface area contributed by atoms with Crippen LogP contribution >= 0.6 is 0 Å². The standard InChI is InChI=1S/C38H55N7O10/c1-38(2,3)55-37(47)40-12-4-5-14-48-17-19-50-21-23-52-25-26-53-24-22-51-20-18-49-16-13-39-35(46)31-10-8-30(9-11-31)33-28-42-36(45-29-43-44-34(33)45)41-27-32-7-6-15-54-32/h6-11,15,28-29H,4-5,12-14,16-27H2,1-3H3,(H,39,46)(H,40,47)(H,41,42). The molecule has 1 aromatic carbocycles. The summed E-state index contributed by atoms with van der Waals surface area (Å²) in [6.45, 7) is 12.5. The lowest BCUT2D eigenvalue weighted by Gasteiger charge is -2.19. The van der Waals surface area contributed by atoms with Gasteiger partial charge in [0.05, 0.1) is 85.5 Å². The predicted molar refractivity (Wildman–Crippen MR) is 203 cm³/mol. The Morgan fingerprint density at radius 1 is 0.745 bits per heavy atom. The van der Waals surface area contributed by atoms with Gasteiger partial charge in [-0.2, -0.15) is 0 Å². The van der Waals surface area contributed by atoms with Gasteiger partial charge in [0.1, 0.15) is 17.7 Å². The molecule has 0 bridgehead atoms. The van der Waals surface area contributed by atoms with Crippen LogP contribution in [0, 0.1) is 0 Å². The van der Waals surface area contributed by atoms with E-state index >= 15 is 0 Å². The van der Waals surface area contributed by atoms with Crippen molar-refractivity contribution in [1.82, 2.24) is 30.2 Å². The number of alkyl carbamates (subject to hydrolysis) is 1. The molecule has 0 radical (unpaired) electrons. The molecular weight excluding hydrogens is 714 g/mol. The van der Waals surface area contributed by atoms with Gasteiger partial charge in [0, 0.05) is 37.0 Å². The number of anilines is 1. The van der Waals surface area contributed by atoms with E-state index in [-0.39, 0.29) is 5.91 Å². The van der Waals surface area contributed by atoms with Gasteiger partial charge in [-0.25, -0.2) is 9.78 Å². The van der Waals surface area contributed by atoms with Crippen LogP contribution in [0.2, 0.25) is 0 Å². The third kappa shape index (κ3) is 17.1. The van der Waals surface area contributed by atoms with Gasteiger partial charge in [-0.3, -0.25) is 9.20 Å². The molecule has 3 aromatic heterocycles. The Morgan fingerprint density at radius 3 is 1.96 bits per heavy atom. The fourth-order valence-corrected chi connectivity index (χ4v) is 4.91. The first-order valence-corrected chi connectivity index (χ1v) is 18.6. The zero-order valence-electron chi connectivity index (χ0n) is 32.1. The smallest absolute Gasteiger partial charge is 0.407 e. The molecule has 17 nitrogen and oxygen atoms in total. The molecule has 4 aromatic rings. The summed E-state index contributed by atoms with van der Waals surface area (Å²) in [7, 11) is 0. The maximum absolute atomic E-state index is 12.6. The molecular formula is C38H55N7O10. The number of nitrogens with one attached hydrogen (secondary N) is 3. The van der Waals surface area contributed by atoms with Gasteiger partial charge in [-0.15, -0.1) is 10.2 Å². The number of nitrogens with zero attached hydrogens (tertiary/aromatic N) is 4. The van der Waals surface area contributed by atoms with Crippen molar-refractivity contribution in [1.29, 1.82) is 0 Å². The van der Waals surface area contributed by atoms with Crippen LogP contribution < -0.4 is 16.0 Å². The number of fused-ring (bicyclic) bond motifs is 1. The number of carbonyl (C=O) groups excluding carboxylic acids is 2. The first-order valence-electron chi connectivity index (χ1n) is 18.6. The molecule has 0 spiro atoms. The number of rotatable bonds is 28. The Labute approximate surface area is 321 Å². The van der Waals surface area contributed by atoms with Crippen LogP contribution in [-0.2, 0) is 39.7 Å². The summed E-state index contributed by atoms with van der Waals surface area (Å²) in [6.07, 6.45) is 6.22. The predicted octanol–water partition coefficient (Wildman–Crippen LogP) is 4.13. The quantitative estimate of drug-likeness (QED) is 0.0699. The number of furan rings is 1. The molecule has 302 valence electrons. The van der Waals surface area contributed by atoms with Crippen LogP contribution in [0.1, 0.15) is 49.7 Å². The summed E-state index contributed by atoms with van der Waals surface area (Å²) >= 11 is 0. The Bertz CT molecular complexity index is 1650. The van der Waals surface area contributed by atoms with Gasteiger partial charge >= 0.3 is 6.09 Å². The van der Waals surface area contributed by atoms with Crippen LogP contribution in [0.3, 0.4) is 0 Å². The average molecular weight is 770 g/mol. The van der Waals surface area contributed by atoms with E-state index in [0.717, 1.165) is 29.7 Å². The Kier molecular flexibility index (Phi) is 19.3. The molecule has 3 N–H and O–H groups in total. The van der Waals surface area contributed by atoms with Crippen molar-refractivity contribution in [3.05, 3.63) is 66.5 Å². The first kappa shape index (κ1) is 43.1. The maximum Gasteiger partial charge on any atom is 0.407 e. The van der Waals surface area contributed by atoms with Crippen molar-refractivity contribution < 1.29 is 47.2 Å². The van der Waals surface area contributed by atoms with Crippen LogP contribution in [0.15, 0.2) is 59.6 Å². The van der Waals surface area contributed by atoms with Crippen molar-refractivity contribution in [2.24, 2.45) is 0 Å². The molecule has 0 aliphatic heterocycles. The van der Waals surface area contributed by atoms with Gasteiger partial charge < -0.3 is 53.5 Å². The lowest BCUT2D eigenvalue weighted by molar-refractivity contribution is -0.0166. The third-order valence-electron chi connectivity index (χ3n) is 7.57. The fraction of sp³-hybridized carbons (Fsp3) is 0.553. The van der Waals surface area contributed by atoms with E-state index in [4.69, 9.17) is 37.6 Å². The van der Waals surface area contributed by atoms with E-state index in [1.807, 2.05) is 45.0 Å². The number of benzene rings is 1. The second-order valence-corrected chi connectivity index (χ2v) is 13.1. The van der Waals surface area contributed by atoms with E-state index in [2.05, 4.69) is 31.1 Å². The Morgan fingerprint density at radius 2 is 1.36 bits per heavy atom. The highest BCUT2D eigenvalue weighted by atomic mass is 16.6. The molecule has 0 saturated carbocycles. The summed E-state index contributed by atoms with van der Waals surface area (Å²) in [5, 5.41) is 17.1. The normalized spacial score (nSPS) is 11.5. The van der Waals surface area contributed by atoms with Crippen LogP contribution in [-0.4, -0.2) is 130 Å². The second-order valence-electron chi connectivity index (χ2n) is 13.1. The van der Waals surface area contributed by atoms with Crippen LogP contribution in [0.4, 0.5) is 10.7 Å². The topological polar surface area (TPSA) is 191 Å². The van der Waals surface area contributed by atoms with E-state index in [0.29, 0.717) is 116 Å². The van der Waals surface area contributed by atoms with E-state index in [1.165, 1.54) is 0 Å². The number of ether oxygens (including phenoxy) is 7. The lowest BCUT2D eigenvalue weighted by atomic mass is 10.1. The molecule has 2 amide bonds. The molecule has 17 heteroatoms. The Hall–Kier alpha value is -4.65. The SMILES string of the molecule is CC(C)(C)OC(=O)NCCCCOCCOCCOCCOCCOCCOCCNC(=O)c1ccc(-c2cnc(NCc3ccco3)n3cnnc23)cc1. The molecule has 0 saturated heterocycles. The lowest BCUT2D eigenvalue weighted by Crippen LogP contribution is -2.33. The molecule has 0 unspecified atom stereocenters. The van der Waals surface area contributed by atoms with Crippen molar-refractivity contribution in [2.75, 3.05) is 97.7 Å². The van der Waals surface area contributed by atoms with Gasteiger partial charge in [-0.1, -0.05) is 12.1 Å². The fourth-order valence-electron chi connectivity index (χ4n) is 4.91. The number of amides is 2. The summed E-state index contributed by atoms with van der Waals surface area (Å²) in [6, 6.07) is 11.0. The van der Waals surface area contributed by atoms with Crippen molar-refractivity contribution >= 4 is 23.6 Å². The van der Waals surface area contributed by atoms with Crippen molar-refractivity contribution in [3.63, 3.8) is 0 Å². The number of unbranched alkanes of at least 4 members (excludes halogenated alkanes) is 1. The number of hydrogen-bond acceptors (Lipinski definition) is 14. The van der Waals surface area contributed by atoms with E-state index in [1.54, 1.807) is 35.3 Å². The van der Waals surface area contributed by atoms with Crippen molar-refractivity contribution in [2.45, 2.75) is 45.8 Å². The summed E-state index contributed by atoms with van der Waals surface area (Å²) in [5.41, 5.74) is 2.33. The van der Waals surface area contributed by atoms with Gasteiger partial charge in [0.2, 0.25) is 5.95 Å². The minimum absolute atomic E-state index is 0.191. The minimum Gasteiger partial charge on any atom is -0.467 e. The third-order valence-corrected chi connectivity index (χ3v) is 7.57. The number of carbonyl (C=O) groups is 2. The molecule has 0 fully saturated rings. The largest absolute Gasteiger partial charge is 0.467 e. The van der Waals surface area contributed by atoms with E-state index in [9.17, 15) is 9.59 Å². The van der Waals surface area contributed by atoms with Crippen LogP contribution in [0.25, 0.3) is 16.8 Å². The average Bonchev–Trinajstić information content (AvgIpc) is 3.88. The minimum atomic E-state index is -0.491. The highest BCUT2D eigenvalue weighted by molar-refractivity contribution is 5.95. The summed E-state index contributed by atoms with van der Waals surface area (Å²) in [5.74, 6) is 1.18. The zero-order valence-corrected chi connectivity index (χ0v) is 32.1. The van der Waals surface area contributed by atoms with Crippen molar-refractivity contribution in [3.8, 4) is 11.1 Å². The molecule has 55 heavy (non-hydrogen) atoms. The molecule has 4 rings (SSSR count). The van der Waals surface area contributed by atoms with Gasteiger partial charge in [0.15, 0.2) is 5.65 Å². The molecule has 0 aliphatic carbocycles. The molecule has 0 aliphatic rings. The van der Waals surface area contributed by atoms with E-state index < -0.39 is 11.7 Å². The zero-order chi connectivity index (χ0) is 39.0. The monoisotopic (exact) mass is 769 g/mol. The maximum atomic E-state index is 12.6. The highest BCUT2D eigenvalue weighted by Gasteiger charge is 2.15. The van der Waals surface area contributed by atoms with Crippen LogP contribution in [0.5, 0.6) is 0 Å². The summed E-state index contributed by atoms with van der Waals surface area (Å²) in [4.78, 5) is 28.7. The number of aromatic nitrogens is 4. The van der Waals surface area contributed by atoms with Gasteiger partial charge in [-0.05, 0) is 63.4 Å².